The van der Waals surface area contributed by atoms with Crippen molar-refractivity contribution in [3.8, 4) is 11.8 Å². The van der Waals surface area contributed by atoms with Gasteiger partial charge in [-0.1, -0.05) is 11.6 Å². The molecule has 1 aromatic carbocycles. The molecule has 0 aliphatic carbocycles. The predicted molar refractivity (Wildman–Crippen MR) is 72.5 cm³/mol. The smallest absolute Gasteiger partial charge is 0.260 e. The number of rotatable bonds is 3. The minimum Gasteiger partial charge on any atom is -0.484 e. The molecule has 0 N–H and O–H groups in total. The van der Waals surface area contributed by atoms with Crippen molar-refractivity contribution in [1.82, 2.24) is 4.90 Å². The van der Waals surface area contributed by atoms with Crippen LogP contribution in [0.2, 0.25) is 5.02 Å². The van der Waals surface area contributed by atoms with Gasteiger partial charge in [-0.05, 0) is 12.1 Å². The Morgan fingerprint density at radius 1 is 1.40 bits per heavy atom. The summed E-state index contributed by atoms with van der Waals surface area (Å²) in [6, 6.07) is 6.59. The number of nitrogens with zero attached hydrogens (tertiary/aromatic N) is 2. The van der Waals surface area contributed by atoms with Crippen LogP contribution in [0.3, 0.4) is 0 Å². The summed E-state index contributed by atoms with van der Waals surface area (Å²) < 4.78 is 5.36. The maximum absolute atomic E-state index is 11.9. The van der Waals surface area contributed by atoms with Crippen LogP contribution in [-0.4, -0.2) is 36.3 Å². The maximum Gasteiger partial charge on any atom is 0.260 e. The highest BCUT2D eigenvalue weighted by Gasteiger charge is 2.20. The number of likely N-dealkylation sites (tertiary alicyclic amines) is 1. The van der Waals surface area contributed by atoms with E-state index in [1.54, 1.807) is 17.0 Å². The van der Waals surface area contributed by atoms with E-state index in [0.717, 1.165) is 0 Å². The highest BCUT2D eigenvalue weighted by Crippen LogP contribution is 2.22. The molecule has 104 valence electrons. The minimum atomic E-state index is -0.155. The molecule has 1 heterocycles. The Hall–Kier alpha value is -2.06. The lowest BCUT2D eigenvalue weighted by Gasteiger charge is -2.25. The van der Waals surface area contributed by atoms with Gasteiger partial charge in [0.2, 0.25) is 0 Å². The summed E-state index contributed by atoms with van der Waals surface area (Å²) in [5.41, 5.74) is 0.361. The van der Waals surface area contributed by atoms with Gasteiger partial charge in [0.25, 0.3) is 5.91 Å². The zero-order chi connectivity index (χ0) is 14.5. The first-order valence-corrected chi connectivity index (χ1v) is 6.60. The van der Waals surface area contributed by atoms with Crippen LogP contribution in [0.15, 0.2) is 18.2 Å². The van der Waals surface area contributed by atoms with Crippen LogP contribution < -0.4 is 4.74 Å². The Labute approximate surface area is 121 Å². The second-order valence-electron chi connectivity index (χ2n) is 4.46. The molecule has 0 spiro atoms. The van der Waals surface area contributed by atoms with E-state index in [2.05, 4.69) is 0 Å². The van der Waals surface area contributed by atoms with Gasteiger partial charge in [0.05, 0.1) is 10.6 Å². The van der Waals surface area contributed by atoms with Gasteiger partial charge in [0.15, 0.2) is 6.61 Å². The molecule has 6 heteroatoms. The molecule has 0 saturated carbocycles. The summed E-state index contributed by atoms with van der Waals surface area (Å²) in [5.74, 6) is 0.474. The van der Waals surface area contributed by atoms with Crippen molar-refractivity contribution in [1.29, 1.82) is 5.26 Å². The zero-order valence-corrected chi connectivity index (χ0v) is 11.5. The Bertz CT molecular complexity index is 570. The molecule has 1 aliphatic heterocycles. The van der Waals surface area contributed by atoms with Gasteiger partial charge < -0.3 is 9.64 Å². The largest absolute Gasteiger partial charge is 0.484 e. The Morgan fingerprint density at radius 3 is 2.70 bits per heavy atom. The molecule has 0 unspecified atom stereocenters. The van der Waals surface area contributed by atoms with Gasteiger partial charge >= 0.3 is 0 Å². The highest BCUT2D eigenvalue weighted by molar-refractivity contribution is 6.31. The number of nitriles is 1. The van der Waals surface area contributed by atoms with Crippen molar-refractivity contribution in [2.24, 2.45) is 0 Å². The average molecular weight is 293 g/mol. The fraction of sp³-hybridized carbons (Fsp3) is 0.357. The van der Waals surface area contributed by atoms with Crippen LogP contribution in [0.25, 0.3) is 0 Å². The molecule has 5 nitrogen and oxygen atoms in total. The zero-order valence-electron chi connectivity index (χ0n) is 10.8. The van der Waals surface area contributed by atoms with Crippen LogP contribution in [0.1, 0.15) is 18.4 Å². The molecule has 1 saturated heterocycles. The third kappa shape index (κ3) is 3.49. The number of hydrogen-bond donors (Lipinski definition) is 0. The first-order valence-electron chi connectivity index (χ1n) is 6.22. The van der Waals surface area contributed by atoms with Gasteiger partial charge in [0, 0.05) is 32.0 Å². The monoisotopic (exact) mass is 292 g/mol. The number of piperidine rings is 1. The molecule has 1 fully saturated rings. The van der Waals surface area contributed by atoms with Crippen LogP contribution >= 0.6 is 11.6 Å². The molecule has 1 amide bonds. The van der Waals surface area contributed by atoms with Crippen LogP contribution in [0, 0.1) is 11.3 Å². The number of carbonyl (C=O) groups is 2. The SMILES string of the molecule is N#Cc1ccc(OCC(=O)N2CCC(=O)CC2)cc1Cl. The van der Waals surface area contributed by atoms with Crippen LogP contribution in [0.5, 0.6) is 5.75 Å². The van der Waals surface area contributed by atoms with Crippen molar-refractivity contribution >= 4 is 23.3 Å². The van der Waals surface area contributed by atoms with Gasteiger partial charge in [-0.15, -0.1) is 0 Å². The molecule has 0 atom stereocenters. The Balaban J connectivity index is 1.89. The average Bonchev–Trinajstić information content (AvgIpc) is 2.45. The van der Waals surface area contributed by atoms with Crippen molar-refractivity contribution < 1.29 is 14.3 Å². The molecule has 1 aliphatic rings. The summed E-state index contributed by atoms with van der Waals surface area (Å²) >= 11 is 5.87. The first-order chi connectivity index (χ1) is 9.60. The predicted octanol–water partition coefficient (Wildman–Crippen LogP) is 1.78. The number of benzene rings is 1. The van der Waals surface area contributed by atoms with Gasteiger partial charge in [-0.3, -0.25) is 9.59 Å². The quantitative estimate of drug-likeness (QED) is 0.851. The summed E-state index contributed by atoms with van der Waals surface area (Å²) in [6.07, 6.45) is 0.822. The fourth-order valence-electron chi connectivity index (χ4n) is 1.92. The van der Waals surface area contributed by atoms with Crippen molar-refractivity contribution in [2.75, 3.05) is 19.7 Å². The highest BCUT2D eigenvalue weighted by atomic mass is 35.5. The number of Topliss-reactive ketones (excluding diaryl/α,β-unsaturated/α-hetero) is 1. The number of ketones is 1. The molecule has 20 heavy (non-hydrogen) atoms. The summed E-state index contributed by atoms with van der Waals surface area (Å²) in [6.45, 7) is 0.806. The van der Waals surface area contributed by atoms with E-state index in [4.69, 9.17) is 21.6 Å². The van der Waals surface area contributed by atoms with E-state index in [1.807, 2.05) is 6.07 Å². The summed E-state index contributed by atoms with van der Waals surface area (Å²) in [5, 5.41) is 9.05. The number of halogens is 1. The lowest BCUT2D eigenvalue weighted by molar-refractivity contribution is -0.136. The minimum absolute atomic E-state index is 0.101. The maximum atomic E-state index is 11.9. The van der Waals surface area contributed by atoms with E-state index < -0.39 is 0 Å². The number of hydrogen-bond acceptors (Lipinski definition) is 4. The third-order valence-corrected chi connectivity index (χ3v) is 3.41. The molecule has 0 bridgehead atoms. The molecule has 1 aromatic rings. The lowest BCUT2D eigenvalue weighted by Crippen LogP contribution is -2.41. The van der Waals surface area contributed by atoms with Crippen LogP contribution in [0.4, 0.5) is 0 Å². The standard InChI is InChI=1S/C14H13ClN2O3/c15-13-7-12(2-1-10(13)8-16)20-9-14(19)17-5-3-11(18)4-6-17/h1-2,7H,3-6,9H2. The van der Waals surface area contributed by atoms with E-state index in [-0.39, 0.29) is 18.3 Å². The van der Waals surface area contributed by atoms with E-state index in [1.165, 1.54) is 6.07 Å². The molecular formula is C14H13ClN2O3. The molecule has 0 aromatic heterocycles. The first kappa shape index (κ1) is 14.4. The number of carbonyl (C=O) groups excluding carboxylic acids is 2. The molecule has 2 rings (SSSR count). The second-order valence-corrected chi connectivity index (χ2v) is 4.87. The Morgan fingerprint density at radius 2 is 2.10 bits per heavy atom. The van der Waals surface area contributed by atoms with Crippen molar-refractivity contribution in [3.63, 3.8) is 0 Å². The molecule has 0 radical (unpaired) electrons. The van der Waals surface area contributed by atoms with Gasteiger partial charge in [-0.2, -0.15) is 5.26 Å². The van der Waals surface area contributed by atoms with Crippen molar-refractivity contribution in [2.45, 2.75) is 12.8 Å². The normalized spacial score (nSPS) is 14.8. The van der Waals surface area contributed by atoms with Gasteiger partial charge in [-0.25, -0.2) is 0 Å². The van der Waals surface area contributed by atoms with Gasteiger partial charge in [0.1, 0.15) is 17.6 Å². The lowest BCUT2D eigenvalue weighted by atomic mass is 10.1. The Kier molecular flexibility index (Phi) is 4.59. The van der Waals surface area contributed by atoms with E-state index in [9.17, 15) is 9.59 Å². The summed E-state index contributed by atoms with van der Waals surface area (Å²) in [7, 11) is 0. The van der Waals surface area contributed by atoms with Crippen LogP contribution in [-0.2, 0) is 9.59 Å². The number of ether oxygens (including phenoxy) is 1. The number of amides is 1. The second kappa shape index (κ2) is 6.40. The fourth-order valence-corrected chi connectivity index (χ4v) is 2.13. The van der Waals surface area contributed by atoms with E-state index in [0.29, 0.717) is 42.3 Å². The summed E-state index contributed by atoms with van der Waals surface area (Å²) in [4.78, 5) is 24.6. The molecular weight excluding hydrogens is 280 g/mol. The van der Waals surface area contributed by atoms with E-state index >= 15 is 0 Å². The topological polar surface area (TPSA) is 70.4 Å². The third-order valence-electron chi connectivity index (χ3n) is 3.10. The van der Waals surface area contributed by atoms with Crippen molar-refractivity contribution in [3.05, 3.63) is 28.8 Å².